The first-order chi connectivity index (χ1) is 14.0. The standard InChI is InChI=1S/C22H28N4O3/c1-22(2)20-16(15-5-3-4-6-17(15)23-20)13-18-21(28)25(14-19(27)26(18)22)8-7-24-9-11-29-12-10-24/h3-6,18,23H,7-14H2,1-2H3. The van der Waals surface area contributed by atoms with Gasteiger partial charge in [0.05, 0.1) is 25.3 Å². The summed E-state index contributed by atoms with van der Waals surface area (Å²) in [7, 11) is 0. The van der Waals surface area contributed by atoms with E-state index in [0.29, 0.717) is 13.0 Å². The Morgan fingerprint density at radius 1 is 1.14 bits per heavy atom. The maximum absolute atomic E-state index is 13.4. The maximum Gasteiger partial charge on any atom is 0.246 e. The zero-order valence-corrected chi connectivity index (χ0v) is 17.1. The number of hydrogen-bond acceptors (Lipinski definition) is 4. The van der Waals surface area contributed by atoms with Gasteiger partial charge in [-0.25, -0.2) is 0 Å². The summed E-state index contributed by atoms with van der Waals surface area (Å²) in [5.74, 6) is 0.104. The Morgan fingerprint density at radius 2 is 1.90 bits per heavy atom. The monoisotopic (exact) mass is 396 g/mol. The van der Waals surface area contributed by atoms with Gasteiger partial charge in [0, 0.05) is 49.2 Å². The van der Waals surface area contributed by atoms with Crippen LogP contribution in [0.4, 0.5) is 0 Å². The molecule has 1 aromatic heterocycles. The van der Waals surface area contributed by atoms with Crippen molar-refractivity contribution in [1.29, 1.82) is 0 Å². The van der Waals surface area contributed by atoms with Gasteiger partial charge >= 0.3 is 0 Å². The van der Waals surface area contributed by atoms with Crippen molar-refractivity contribution in [3.8, 4) is 0 Å². The molecule has 7 nitrogen and oxygen atoms in total. The van der Waals surface area contributed by atoms with Gasteiger partial charge in [0.15, 0.2) is 0 Å². The van der Waals surface area contributed by atoms with Crippen LogP contribution in [0.2, 0.25) is 0 Å². The summed E-state index contributed by atoms with van der Waals surface area (Å²) in [4.78, 5) is 36.0. The lowest BCUT2D eigenvalue weighted by Crippen LogP contribution is -2.67. The Labute approximate surface area is 170 Å². The van der Waals surface area contributed by atoms with Crippen molar-refractivity contribution in [2.24, 2.45) is 0 Å². The van der Waals surface area contributed by atoms with Crippen molar-refractivity contribution in [1.82, 2.24) is 19.7 Å². The molecule has 4 heterocycles. The van der Waals surface area contributed by atoms with Gasteiger partial charge in [0.1, 0.15) is 6.04 Å². The van der Waals surface area contributed by atoms with Gasteiger partial charge in [0.2, 0.25) is 11.8 Å². The molecule has 1 unspecified atom stereocenters. The number of H-pyrrole nitrogens is 1. The largest absolute Gasteiger partial charge is 0.379 e. The van der Waals surface area contributed by atoms with E-state index in [4.69, 9.17) is 4.74 Å². The molecule has 2 aromatic rings. The predicted octanol–water partition coefficient (Wildman–Crippen LogP) is 1.33. The van der Waals surface area contributed by atoms with Crippen molar-refractivity contribution in [2.45, 2.75) is 31.8 Å². The van der Waals surface area contributed by atoms with Gasteiger partial charge in [0.25, 0.3) is 0 Å². The molecule has 0 aliphatic carbocycles. The quantitative estimate of drug-likeness (QED) is 0.850. The van der Waals surface area contributed by atoms with E-state index in [2.05, 4.69) is 22.0 Å². The normalized spacial score (nSPS) is 24.7. The minimum Gasteiger partial charge on any atom is -0.379 e. The molecule has 1 aromatic carbocycles. The number of nitrogens with zero attached hydrogens (tertiary/aromatic N) is 3. The van der Waals surface area contributed by atoms with Crippen molar-refractivity contribution < 1.29 is 14.3 Å². The lowest BCUT2D eigenvalue weighted by Gasteiger charge is -2.51. The van der Waals surface area contributed by atoms with E-state index >= 15 is 0 Å². The second kappa shape index (κ2) is 6.85. The molecule has 5 rings (SSSR count). The first kappa shape index (κ1) is 18.6. The average Bonchev–Trinajstić information content (AvgIpc) is 3.10. The summed E-state index contributed by atoms with van der Waals surface area (Å²) in [6, 6.07) is 7.76. The number of amides is 2. The fourth-order valence-corrected chi connectivity index (χ4v) is 5.22. The number of aromatic amines is 1. The van der Waals surface area contributed by atoms with Gasteiger partial charge in [-0.15, -0.1) is 0 Å². The lowest BCUT2D eigenvalue weighted by molar-refractivity contribution is -0.164. The van der Waals surface area contributed by atoms with Crippen LogP contribution in [0.3, 0.4) is 0 Å². The zero-order chi connectivity index (χ0) is 20.2. The van der Waals surface area contributed by atoms with Crippen LogP contribution in [-0.2, 0) is 26.3 Å². The summed E-state index contributed by atoms with van der Waals surface area (Å²) < 4.78 is 5.40. The van der Waals surface area contributed by atoms with Gasteiger partial charge in [-0.1, -0.05) is 18.2 Å². The minimum atomic E-state index is -0.541. The highest BCUT2D eigenvalue weighted by Crippen LogP contribution is 2.42. The molecule has 2 amide bonds. The first-order valence-electron chi connectivity index (χ1n) is 10.5. The molecule has 0 radical (unpaired) electrons. The Bertz CT molecular complexity index is 960. The van der Waals surface area contributed by atoms with E-state index in [1.165, 1.54) is 5.56 Å². The van der Waals surface area contributed by atoms with Crippen LogP contribution < -0.4 is 0 Å². The molecule has 1 N–H and O–H groups in total. The zero-order valence-electron chi connectivity index (χ0n) is 17.1. The van der Waals surface area contributed by atoms with E-state index in [-0.39, 0.29) is 18.4 Å². The Hall–Kier alpha value is -2.38. The summed E-state index contributed by atoms with van der Waals surface area (Å²) in [6.07, 6.45) is 0.571. The number of nitrogens with one attached hydrogen (secondary N) is 1. The van der Waals surface area contributed by atoms with Crippen molar-refractivity contribution in [2.75, 3.05) is 45.9 Å². The third-order valence-electron chi connectivity index (χ3n) is 6.72. The molecule has 3 aliphatic heterocycles. The third-order valence-corrected chi connectivity index (χ3v) is 6.72. The van der Waals surface area contributed by atoms with Crippen LogP contribution in [0.1, 0.15) is 25.1 Å². The summed E-state index contributed by atoms with van der Waals surface area (Å²) in [6.45, 7) is 8.88. The number of carbonyl (C=O) groups is 2. The number of fused-ring (bicyclic) bond motifs is 4. The van der Waals surface area contributed by atoms with E-state index in [0.717, 1.165) is 49.4 Å². The van der Waals surface area contributed by atoms with Crippen LogP contribution in [0.25, 0.3) is 10.9 Å². The molecule has 3 aliphatic rings. The van der Waals surface area contributed by atoms with Crippen LogP contribution in [0.5, 0.6) is 0 Å². The maximum atomic E-state index is 13.4. The molecule has 0 bridgehead atoms. The number of ether oxygens (including phenoxy) is 1. The van der Waals surface area contributed by atoms with E-state index in [1.807, 2.05) is 30.9 Å². The second-order valence-electron chi connectivity index (χ2n) is 8.78. The van der Waals surface area contributed by atoms with Crippen LogP contribution in [0, 0.1) is 0 Å². The van der Waals surface area contributed by atoms with Crippen LogP contribution in [-0.4, -0.2) is 83.5 Å². The van der Waals surface area contributed by atoms with Crippen molar-refractivity contribution in [3.63, 3.8) is 0 Å². The molecule has 7 heteroatoms. The summed E-state index contributed by atoms with van der Waals surface area (Å²) in [5, 5.41) is 1.15. The number of benzene rings is 1. The minimum absolute atomic E-state index is 0.0332. The molecular weight excluding hydrogens is 368 g/mol. The Kier molecular flexibility index (Phi) is 4.40. The number of para-hydroxylation sites is 1. The lowest BCUT2D eigenvalue weighted by atomic mass is 9.82. The summed E-state index contributed by atoms with van der Waals surface area (Å²) >= 11 is 0. The number of morpholine rings is 1. The predicted molar refractivity (Wildman–Crippen MR) is 110 cm³/mol. The van der Waals surface area contributed by atoms with Crippen LogP contribution in [0.15, 0.2) is 24.3 Å². The molecule has 0 saturated carbocycles. The Morgan fingerprint density at radius 3 is 2.69 bits per heavy atom. The number of aromatic nitrogens is 1. The van der Waals surface area contributed by atoms with E-state index in [9.17, 15) is 9.59 Å². The molecule has 0 spiro atoms. The highest BCUT2D eigenvalue weighted by atomic mass is 16.5. The average molecular weight is 396 g/mol. The molecule has 1 atom stereocenters. The topological polar surface area (TPSA) is 68.9 Å². The van der Waals surface area contributed by atoms with E-state index < -0.39 is 11.6 Å². The highest BCUT2D eigenvalue weighted by Gasteiger charge is 2.51. The van der Waals surface area contributed by atoms with Crippen LogP contribution >= 0.6 is 0 Å². The van der Waals surface area contributed by atoms with Gasteiger partial charge in [-0.05, 0) is 25.5 Å². The number of rotatable bonds is 3. The van der Waals surface area contributed by atoms with Gasteiger partial charge in [-0.3, -0.25) is 14.5 Å². The third kappa shape index (κ3) is 2.95. The number of carbonyl (C=O) groups excluding carboxylic acids is 2. The number of hydrogen-bond donors (Lipinski definition) is 1. The SMILES string of the molecule is CC1(C)c2[nH]c3ccccc3c2CC2C(=O)N(CCN3CCOCC3)CC(=O)N21. The molecule has 2 saturated heterocycles. The van der Waals surface area contributed by atoms with E-state index in [1.54, 1.807) is 4.90 Å². The van der Waals surface area contributed by atoms with Crippen molar-refractivity contribution in [3.05, 3.63) is 35.5 Å². The number of piperazine rings is 1. The van der Waals surface area contributed by atoms with Gasteiger partial charge < -0.3 is 19.5 Å². The fourth-order valence-electron chi connectivity index (χ4n) is 5.22. The summed E-state index contributed by atoms with van der Waals surface area (Å²) in [5.41, 5.74) is 2.75. The first-order valence-corrected chi connectivity index (χ1v) is 10.5. The smallest absolute Gasteiger partial charge is 0.246 e. The molecular formula is C22H28N4O3. The van der Waals surface area contributed by atoms with Crippen molar-refractivity contribution >= 4 is 22.7 Å². The second-order valence-corrected chi connectivity index (χ2v) is 8.78. The fraction of sp³-hybridized carbons (Fsp3) is 0.545. The Balaban J connectivity index is 1.43. The highest BCUT2D eigenvalue weighted by molar-refractivity contribution is 5.97. The molecule has 154 valence electrons. The molecule has 2 fully saturated rings. The van der Waals surface area contributed by atoms with Gasteiger partial charge in [-0.2, -0.15) is 0 Å². The molecule has 29 heavy (non-hydrogen) atoms.